The lowest BCUT2D eigenvalue weighted by atomic mass is 10.1. The maximum atomic E-state index is 11.5. The molecule has 2 heterocycles. The maximum Gasteiger partial charge on any atom is 0.371 e. The molecular weight excluding hydrogens is 270 g/mol. The van der Waals surface area contributed by atoms with Crippen LogP contribution in [-0.4, -0.2) is 37.0 Å². The van der Waals surface area contributed by atoms with Gasteiger partial charge >= 0.3 is 5.97 Å². The Bertz CT molecular complexity index is 562. The number of aromatic carboxylic acids is 1. The van der Waals surface area contributed by atoms with E-state index in [1.54, 1.807) is 6.07 Å². The maximum absolute atomic E-state index is 11.5. The minimum absolute atomic E-state index is 0.105. The van der Waals surface area contributed by atoms with Crippen molar-refractivity contribution in [2.45, 2.75) is 31.8 Å². The lowest BCUT2D eigenvalue weighted by molar-refractivity contribution is 0.0659. The van der Waals surface area contributed by atoms with Gasteiger partial charge in [0.05, 0.1) is 17.5 Å². The molecule has 7 heteroatoms. The van der Waals surface area contributed by atoms with Crippen LogP contribution in [0, 0.1) is 0 Å². The summed E-state index contributed by atoms with van der Waals surface area (Å²) < 4.78 is 28.3. The Balaban J connectivity index is 2.00. The first-order valence-electron chi connectivity index (χ1n) is 6.17. The Labute approximate surface area is 111 Å². The second kappa shape index (κ2) is 5.34. The molecule has 1 aromatic rings. The zero-order valence-electron chi connectivity index (χ0n) is 10.6. The normalized spacial score (nSPS) is 23.9. The first-order chi connectivity index (χ1) is 8.87. The minimum Gasteiger partial charge on any atom is -0.475 e. The van der Waals surface area contributed by atoms with Crippen LogP contribution in [0.4, 0.5) is 0 Å². The van der Waals surface area contributed by atoms with Crippen LogP contribution < -0.4 is 5.32 Å². The highest BCUT2D eigenvalue weighted by Gasteiger charge is 2.26. The van der Waals surface area contributed by atoms with E-state index in [1.165, 1.54) is 6.07 Å². The summed E-state index contributed by atoms with van der Waals surface area (Å²) in [6.45, 7) is 1.83. The van der Waals surface area contributed by atoms with Crippen molar-refractivity contribution < 1.29 is 22.7 Å². The smallest absolute Gasteiger partial charge is 0.371 e. The summed E-state index contributed by atoms with van der Waals surface area (Å²) in [4.78, 5) is 10.7. The summed E-state index contributed by atoms with van der Waals surface area (Å²) in [5.41, 5.74) is 0. The van der Waals surface area contributed by atoms with E-state index in [0.29, 0.717) is 12.2 Å². The molecule has 6 nitrogen and oxygen atoms in total. The first-order valence-corrected chi connectivity index (χ1v) is 7.99. The van der Waals surface area contributed by atoms with Crippen LogP contribution in [0.25, 0.3) is 0 Å². The zero-order valence-corrected chi connectivity index (χ0v) is 11.4. The Morgan fingerprint density at radius 1 is 1.53 bits per heavy atom. The van der Waals surface area contributed by atoms with Crippen molar-refractivity contribution in [3.63, 3.8) is 0 Å². The highest BCUT2D eigenvalue weighted by molar-refractivity contribution is 7.91. The number of hydrogen-bond acceptors (Lipinski definition) is 5. The molecule has 1 aliphatic heterocycles. The van der Waals surface area contributed by atoms with Gasteiger partial charge in [0.25, 0.3) is 0 Å². The van der Waals surface area contributed by atoms with E-state index >= 15 is 0 Å². The molecule has 0 saturated carbocycles. The number of carbonyl (C=O) groups is 1. The quantitative estimate of drug-likeness (QED) is 0.864. The molecule has 0 aromatic carbocycles. The fraction of sp³-hybridized carbons (Fsp3) is 0.583. The fourth-order valence-electron chi connectivity index (χ4n) is 2.29. The van der Waals surface area contributed by atoms with Crippen molar-refractivity contribution in [1.29, 1.82) is 0 Å². The summed E-state index contributed by atoms with van der Waals surface area (Å²) in [5.74, 6) is -0.341. The fourth-order valence-corrected chi connectivity index (χ4v) is 3.94. The lowest BCUT2D eigenvalue weighted by Gasteiger charge is -2.25. The van der Waals surface area contributed by atoms with Crippen LogP contribution >= 0.6 is 0 Å². The van der Waals surface area contributed by atoms with E-state index in [1.807, 2.05) is 6.92 Å². The molecule has 1 aromatic heterocycles. The predicted octanol–water partition coefficient (Wildman–Crippen LogP) is 1.21. The molecule has 1 aliphatic rings. The van der Waals surface area contributed by atoms with Crippen LogP contribution in [0.15, 0.2) is 16.5 Å². The number of furan rings is 1. The summed E-state index contributed by atoms with van der Waals surface area (Å²) in [5, 5.41) is 12.0. The second-order valence-corrected chi connectivity index (χ2v) is 7.08. The van der Waals surface area contributed by atoms with Gasteiger partial charge in [-0.2, -0.15) is 0 Å². The highest BCUT2D eigenvalue weighted by Crippen LogP contribution is 2.20. The number of sulfone groups is 1. The van der Waals surface area contributed by atoms with Gasteiger partial charge in [0.15, 0.2) is 9.84 Å². The predicted molar refractivity (Wildman–Crippen MR) is 68.9 cm³/mol. The van der Waals surface area contributed by atoms with Gasteiger partial charge in [0.1, 0.15) is 5.76 Å². The molecule has 1 fully saturated rings. The molecule has 19 heavy (non-hydrogen) atoms. The third kappa shape index (κ3) is 3.57. The average Bonchev–Trinajstić information content (AvgIpc) is 2.76. The number of nitrogens with one attached hydrogen (secondary N) is 1. The molecule has 2 rings (SSSR count). The number of hydrogen-bond donors (Lipinski definition) is 2. The van der Waals surface area contributed by atoms with E-state index in [9.17, 15) is 13.2 Å². The van der Waals surface area contributed by atoms with Crippen molar-refractivity contribution in [1.82, 2.24) is 5.32 Å². The van der Waals surface area contributed by atoms with Crippen molar-refractivity contribution in [3.05, 3.63) is 23.7 Å². The molecular formula is C12H17NO5S. The third-order valence-corrected chi connectivity index (χ3v) is 5.03. The number of carboxylic acid groups (broad SMARTS) is 1. The topological polar surface area (TPSA) is 96.6 Å². The molecule has 106 valence electrons. The molecule has 2 N–H and O–H groups in total. The van der Waals surface area contributed by atoms with Gasteiger partial charge in [0.2, 0.25) is 5.76 Å². The summed E-state index contributed by atoms with van der Waals surface area (Å²) in [6, 6.07) is 2.67. The van der Waals surface area contributed by atoms with E-state index < -0.39 is 15.8 Å². The summed E-state index contributed by atoms with van der Waals surface area (Å²) in [6.07, 6.45) is 1.46. The zero-order chi connectivity index (χ0) is 14.0. The molecule has 0 radical (unpaired) electrons. The summed E-state index contributed by atoms with van der Waals surface area (Å²) >= 11 is 0. The van der Waals surface area contributed by atoms with Gasteiger partial charge in [-0.25, -0.2) is 13.2 Å². The van der Waals surface area contributed by atoms with E-state index in [2.05, 4.69) is 5.32 Å². The van der Waals surface area contributed by atoms with Gasteiger partial charge < -0.3 is 14.8 Å². The van der Waals surface area contributed by atoms with Crippen LogP contribution in [-0.2, 0) is 9.84 Å². The number of carboxylic acids is 1. The average molecular weight is 287 g/mol. The molecule has 2 unspecified atom stereocenters. The van der Waals surface area contributed by atoms with Gasteiger partial charge in [-0.15, -0.1) is 0 Å². The third-order valence-electron chi connectivity index (χ3n) is 3.21. The van der Waals surface area contributed by atoms with Gasteiger partial charge in [-0.1, -0.05) is 0 Å². The Hall–Kier alpha value is -1.34. The molecule has 0 bridgehead atoms. The Kier molecular flexibility index (Phi) is 3.96. The Morgan fingerprint density at radius 3 is 2.84 bits per heavy atom. The monoisotopic (exact) mass is 287 g/mol. The number of rotatable bonds is 4. The lowest BCUT2D eigenvalue weighted by Crippen LogP contribution is -2.41. The highest BCUT2D eigenvalue weighted by atomic mass is 32.2. The Morgan fingerprint density at radius 2 is 2.26 bits per heavy atom. The molecule has 0 amide bonds. The van der Waals surface area contributed by atoms with Crippen molar-refractivity contribution in [2.75, 3.05) is 11.5 Å². The van der Waals surface area contributed by atoms with E-state index in [4.69, 9.17) is 9.52 Å². The molecule has 0 spiro atoms. The minimum atomic E-state index is -2.96. The van der Waals surface area contributed by atoms with Crippen molar-refractivity contribution >= 4 is 15.8 Å². The second-order valence-electron chi connectivity index (χ2n) is 4.85. The van der Waals surface area contributed by atoms with Gasteiger partial charge in [0, 0.05) is 6.04 Å². The van der Waals surface area contributed by atoms with Crippen LogP contribution in [0.5, 0.6) is 0 Å². The molecule has 0 aliphatic carbocycles. The van der Waals surface area contributed by atoms with Crippen LogP contribution in [0.2, 0.25) is 0 Å². The first kappa shape index (κ1) is 14.1. The van der Waals surface area contributed by atoms with E-state index in [0.717, 1.165) is 6.42 Å². The van der Waals surface area contributed by atoms with Gasteiger partial charge in [-0.05, 0) is 31.9 Å². The van der Waals surface area contributed by atoms with E-state index in [-0.39, 0.29) is 29.3 Å². The summed E-state index contributed by atoms with van der Waals surface area (Å²) in [7, 11) is -2.96. The SMILES string of the molecule is CC(NC1CCCS(=O)(=O)C1)c1ccc(C(=O)O)o1. The van der Waals surface area contributed by atoms with Crippen molar-refractivity contribution in [3.8, 4) is 0 Å². The standard InChI is InChI=1S/C12H17NO5S/c1-8(10-4-5-11(18-10)12(14)15)13-9-3-2-6-19(16,17)7-9/h4-5,8-9,13H,2-3,6-7H2,1H3,(H,14,15). The van der Waals surface area contributed by atoms with Crippen molar-refractivity contribution in [2.24, 2.45) is 0 Å². The van der Waals surface area contributed by atoms with Gasteiger partial charge in [-0.3, -0.25) is 0 Å². The van der Waals surface area contributed by atoms with Crippen LogP contribution in [0.3, 0.4) is 0 Å². The van der Waals surface area contributed by atoms with Crippen LogP contribution in [0.1, 0.15) is 42.1 Å². The molecule has 1 saturated heterocycles. The largest absolute Gasteiger partial charge is 0.475 e. The molecule has 2 atom stereocenters.